The van der Waals surface area contributed by atoms with Crippen LogP contribution in [0, 0.1) is 19.8 Å². The Morgan fingerprint density at radius 2 is 1.86 bits per heavy atom. The minimum absolute atomic E-state index is 0.0922. The Labute approximate surface area is 170 Å². The number of hydrogen-bond donors (Lipinski definition) is 3. The molecule has 3 N–H and O–H groups in total. The van der Waals surface area contributed by atoms with Crippen LogP contribution in [0.1, 0.15) is 48.0 Å². The van der Waals surface area contributed by atoms with Gasteiger partial charge in [-0.05, 0) is 50.5 Å². The molecule has 29 heavy (non-hydrogen) atoms. The Kier molecular flexibility index (Phi) is 7.59. The summed E-state index contributed by atoms with van der Waals surface area (Å²) in [4.78, 5) is 40.4. The Morgan fingerprint density at radius 3 is 2.48 bits per heavy atom. The lowest BCUT2D eigenvalue weighted by atomic mass is 10.0. The molecular weight excluding hydrogens is 370 g/mol. The highest BCUT2D eigenvalue weighted by Crippen LogP contribution is 2.18. The van der Waals surface area contributed by atoms with E-state index in [1.807, 2.05) is 33.8 Å². The molecule has 0 bridgehead atoms. The number of hydrogen-bond acceptors (Lipinski definition) is 4. The number of H-pyrrole nitrogens is 1. The highest BCUT2D eigenvalue weighted by atomic mass is 16.5. The Balaban J connectivity index is 2.13. The van der Waals surface area contributed by atoms with E-state index in [1.54, 1.807) is 31.2 Å². The van der Waals surface area contributed by atoms with Crippen LogP contribution in [0.4, 0.5) is 0 Å². The van der Waals surface area contributed by atoms with Gasteiger partial charge in [0, 0.05) is 17.8 Å². The molecule has 1 aromatic carbocycles. The number of aromatic nitrogens is 1. The quantitative estimate of drug-likeness (QED) is 0.635. The van der Waals surface area contributed by atoms with Crippen molar-refractivity contribution in [1.82, 2.24) is 15.6 Å². The standard InChI is InChI=1S/C22H29N3O4/c1-6-29-18-10-8-7-9-16(18)20(26)25-19(13(2)3)22(28)23-12-17-14(4)11-15(5)24-21(17)27/h7-11,13,19H,6,12H2,1-5H3,(H,23,28)(H,24,27)(H,25,26)/t19-/m0/s1. The molecule has 0 radical (unpaired) electrons. The van der Waals surface area contributed by atoms with Gasteiger partial charge in [-0.1, -0.05) is 26.0 Å². The summed E-state index contributed by atoms with van der Waals surface area (Å²) in [5.74, 6) is -0.401. The van der Waals surface area contributed by atoms with Crippen LogP contribution < -0.4 is 20.9 Å². The summed E-state index contributed by atoms with van der Waals surface area (Å²) >= 11 is 0. The third-order valence-corrected chi connectivity index (χ3v) is 4.60. The maximum Gasteiger partial charge on any atom is 0.255 e. The van der Waals surface area contributed by atoms with E-state index in [1.165, 1.54) is 0 Å². The molecule has 0 fully saturated rings. The summed E-state index contributed by atoms with van der Waals surface area (Å²) in [6.45, 7) is 9.70. The van der Waals surface area contributed by atoms with Crippen molar-refractivity contribution in [1.29, 1.82) is 0 Å². The molecule has 7 nitrogen and oxygen atoms in total. The summed E-state index contributed by atoms with van der Waals surface area (Å²) in [6, 6.07) is 8.02. The van der Waals surface area contributed by atoms with Crippen LogP contribution in [0.2, 0.25) is 0 Å². The van der Waals surface area contributed by atoms with Crippen LogP contribution >= 0.6 is 0 Å². The van der Waals surface area contributed by atoms with E-state index in [2.05, 4.69) is 15.6 Å². The molecule has 1 aromatic heterocycles. The average Bonchev–Trinajstić information content (AvgIpc) is 2.65. The Morgan fingerprint density at radius 1 is 1.17 bits per heavy atom. The van der Waals surface area contributed by atoms with E-state index in [4.69, 9.17) is 4.74 Å². The van der Waals surface area contributed by atoms with Gasteiger partial charge in [-0.3, -0.25) is 14.4 Å². The zero-order chi connectivity index (χ0) is 21.6. The van der Waals surface area contributed by atoms with Crippen molar-refractivity contribution in [3.63, 3.8) is 0 Å². The van der Waals surface area contributed by atoms with Gasteiger partial charge in [0.15, 0.2) is 0 Å². The van der Waals surface area contributed by atoms with E-state index in [0.717, 1.165) is 11.3 Å². The number of para-hydroxylation sites is 1. The summed E-state index contributed by atoms with van der Waals surface area (Å²) in [7, 11) is 0. The first kappa shape index (κ1) is 22.2. The number of carbonyl (C=O) groups excluding carboxylic acids is 2. The zero-order valence-corrected chi connectivity index (χ0v) is 17.6. The van der Waals surface area contributed by atoms with Gasteiger partial charge in [0.2, 0.25) is 5.91 Å². The first-order chi connectivity index (χ1) is 13.7. The first-order valence-electron chi connectivity index (χ1n) is 9.74. The number of nitrogens with one attached hydrogen (secondary N) is 3. The fourth-order valence-electron chi connectivity index (χ4n) is 3.08. The lowest BCUT2D eigenvalue weighted by molar-refractivity contribution is -0.124. The van der Waals surface area contributed by atoms with Crippen molar-refractivity contribution >= 4 is 11.8 Å². The maximum absolute atomic E-state index is 12.8. The van der Waals surface area contributed by atoms with Crippen LogP contribution in [0.15, 0.2) is 35.1 Å². The van der Waals surface area contributed by atoms with Crippen molar-refractivity contribution in [2.75, 3.05) is 6.61 Å². The van der Waals surface area contributed by atoms with Crippen LogP contribution in [-0.4, -0.2) is 29.4 Å². The zero-order valence-electron chi connectivity index (χ0n) is 17.6. The van der Waals surface area contributed by atoms with Crippen molar-refractivity contribution in [2.45, 2.75) is 47.2 Å². The summed E-state index contributed by atoms with van der Waals surface area (Å²) in [5.41, 5.74) is 2.22. The minimum Gasteiger partial charge on any atom is -0.493 e. The lowest BCUT2D eigenvalue weighted by Crippen LogP contribution is -2.49. The molecule has 0 unspecified atom stereocenters. The van der Waals surface area contributed by atoms with Gasteiger partial charge in [0.25, 0.3) is 11.5 Å². The highest BCUT2D eigenvalue weighted by Gasteiger charge is 2.26. The number of pyridine rings is 1. The third kappa shape index (κ3) is 5.70. The molecule has 0 aliphatic rings. The monoisotopic (exact) mass is 399 g/mol. The normalized spacial score (nSPS) is 11.8. The van der Waals surface area contributed by atoms with Crippen LogP contribution in [-0.2, 0) is 11.3 Å². The first-order valence-corrected chi connectivity index (χ1v) is 9.74. The molecule has 156 valence electrons. The van der Waals surface area contributed by atoms with Crippen LogP contribution in [0.3, 0.4) is 0 Å². The summed E-state index contributed by atoms with van der Waals surface area (Å²) in [5, 5.41) is 5.56. The second kappa shape index (κ2) is 9.91. The lowest BCUT2D eigenvalue weighted by Gasteiger charge is -2.22. The molecule has 0 aliphatic carbocycles. The van der Waals surface area contributed by atoms with Gasteiger partial charge in [0.05, 0.1) is 12.2 Å². The fourth-order valence-corrected chi connectivity index (χ4v) is 3.08. The maximum atomic E-state index is 12.8. The molecule has 2 rings (SSSR count). The molecule has 2 aromatic rings. The second-order valence-electron chi connectivity index (χ2n) is 7.29. The topological polar surface area (TPSA) is 100 Å². The highest BCUT2D eigenvalue weighted by molar-refractivity contribution is 5.99. The Bertz CT molecular complexity index is 934. The molecule has 0 saturated carbocycles. The van der Waals surface area contributed by atoms with E-state index in [0.29, 0.717) is 23.5 Å². The van der Waals surface area contributed by atoms with Gasteiger partial charge in [-0.15, -0.1) is 0 Å². The number of aryl methyl sites for hydroxylation is 2. The smallest absolute Gasteiger partial charge is 0.255 e. The van der Waals surface area contributed by atoms with Gasteiger partial charge in [0.1, 0.15) is 11.8 Å². The van der Waals surface area contributed by atoms with Gasteiger partial charge in [-0.25, -0.2) is 0 Å². The molecule has 0 aliphatic heterocycles. The summed E-state index contributed by atoms with van der Waals surface area (Å²) in [6.07, 6.45) is 0. The van der Waals surface area contributed by atoms with E-state index in [-0.39, 0.29) is 29.8 Å². The number of rotatable bonds is 8. The summed E-state index contributed by atoms with van der Waals surface area (Å²) < 4.78 is 5.50. The Hall–Kier alpha value is -3.09. The molecule has 2 amide bonds. The van der Waals surface area contributed by atoms with E-state index in [9.17, 15) is 14.4 Å². The predicted molar refractivity (Wildman–Crippen MR) is 112 cm³/mol. The van der Waals surface area contributed by atoms with Gasteiger partial charge >= 0.3 is 0 Å². The molecule has 1 heterocycles. The van der Waals surface area contributed by atoms with Gasteiger partial charge in [-0.2, -0.15) is 0 Å². The molecule has 0 spiro atoms. The SMILES string of the molecule is CCOc1ccccc1C(=O)N[C@H](C(=O)NCc1c(C)cc(C)[nH]c1=O)C(C)C. The second-order valence-corrected chi connectivity index (χ2v) is 7.29. The molecule has 7 heteroatoms. The number of aromatic amines is 1. The minimum atomic E-state index is -0.748. The van der Waals surface area contributed by atoms with Crippen molar-refractivity contribution in [2.24, 2.45) is 5.92 Å². The molecule has 1 atom stereocenters. The number of carbonyl (C=O) groups is 2. The molecular formula is C22H29N3O4. The van der Waals surface area contributed by atoms with Crippen molar-refractivity contribution in [3.05, 3.63) is 63.1 Å². The van der Waals surface area contributed by atoms with Crippen LogP contribution in [0.5, 0.6) is 5.75 Å². The number of ether oxygens (including phenoxy) is 1. The molecule has 0 saturated heterocycles. The number of benzene rings is 1. The van der Waals surface area contributed by atoms with Crippen LogP contribution in [0.25, 0.3) is 0 Å². The average molecular weight is 399 g/mol. The van der Waals surface area contributed by atoms with E-state index < -0.39 is 6.04 Å². The van der Waals surface area contributed by atoms with Gasteiger partial charge < -0.3 is 20.4 Å². The predicted octanol–water partition coefficient (Wildman–Crippen LogP) is 2.46. The van der Waals surface area contributed by atoms with Crippen molar-refractivity contribution < 1.29 is 14.3 Å². The van der Waals surface area contributed by atoms with E-state index >= 15 is 0 Å². The largest absolute Gasteiger partial charge is 0.493 e. The fraction of sp³-hybridized carbons (Fsp3) is 0.409. The number of amides is 2. The third-order valence-electron chi connectivity index (χ3n) is 4.60. The van der Waals surface area contributed by atoms with Crippen molar-refractivity contribution in [3.8, 4) is 5.75 Å².